The number of hydrogen-bond acceptors (Lipinski definition) is 4. The minimum atomic E-state index is -3.23. The van der Waals surface area contributed by atoms with E-state index in [0.29, 0.717) is 30.4 Å². The van der Waals surface area contributed by atoms with Crippen LogP contribution >= 0.6 is 24.0 Å². The summed E-state index contributed by atoms with van der Waals surface area (Å²) in [5.74, 6) is 1.51. The van der Waals surface area contributed by atoms with Crippen LogP contribution in [-0.2, 0) is 16.4 Å². The van der Waals surface area contributed by atoms with Crippen molar-refractivity contribution in [2.75, 3.05) is 19.3 Å². The van der Waals surface area contributed by atoms with Crippen LogP contribution in [0.2, 0.25) is 0 Å². The maximum absolute atomic E-state index is 12.1. The fourth-order valence-electron chi connectivity index (χ4n) is 2.02. The Morgan fingerprint density at radius 3 is 2.50 bits per heavy atom. The van der Waals surface area contributed by atoms with Gasteiger partial charge in [-0.3, -0.25) is 4.99 Å². The van der Waals surface area contributed by atoms with E-state index in [2.05, 4.69) is 15.6 Å². The Morgan fingerprint density at radius 1 is 1.12 bits per heavy atom. The van der Waals surface area contributed by atoms with E-state index in [4.69, 9.17) is 4.42 Å². The second-order valence-electron chi connectivity index (χ2n) is 4.92. The average Bonchev–Trinajstić information content (AvgIpc) is 3.08. The van der Waals surface area contributed by atoms with E-state index >= 15 is 0 Å². The number of aliphatic imine (C=N–C) groups is 1. The second-order valence-corrected chi connectivity index (χ2v) is 7.03. The molecule has 0 saturated heterocycles. The highest BCUT2D eigenvalue weighted by Gasteiger charge is 2.13. The molecule has 2 N–H and O–H groups in total. The Kier molecular flexibility index (Phi) is 8.83. The summed E-state index contributed by atoms with van der Waals surface area (Å²) in [6, 6.07) is 12.2. The van der Waals surface area contributed by atoms with Gasteiger partial charge in [0, 0.05) is 13.6 Å². The summed E-state index contributed by atoms with van der Waals surface area (Å²) in [4.78, 5) is 4.44. The fraction of sp³-hybridized carbons (Fsp3) is 0.312. The van der Waals surface area contributed by atoms with Gasteiger partial charge < -0.3 is 15.1 Å². The maximum Gasteiger partial charge on any atom is 0.191 e. The Bertz CT molecular complexity index is 716. The van der Waals surface area contributed by atoms with E-state index < -0.39 is 9.84 Å². The number of nitrogens with one attached hydrogen (secondary N) is 2. The first-order valence-corrected chi connectivity index (χ1v) is 9.02. The Balaban J connectivity index is 0.00000288. The molecule has 1 aromatic heterocycles. The molecule has 1 aromatic carbocycles. The molecule has 2 rings (SSSR count). The summed E-state index contributed by atoms with van der Waals surface area (Å²) in [7, 11) is -1.56. The van der Waals surface area contributed by atoms with Gasteiger partial charge in [-0.15, -0.1) is 24.0 Å². The molecule has 0 saturated carbocycles. The number of nitrogens with zero attached hydrogens (tertiary/aromatic N) is 1. The monoisotopic (exact) mass is 463 g/mol. The van der Waals surface area contributed by atoms with Crippen molar-refractivity contribution in [2.24, 2.45) is 4.99 Å². The van der Waals surface area contributed by atoms with Crippen molar-refractivity contribution in [1.29, 1.82) is 0 Å². The van der Waals surface area contributed by atoms with E-state index in [1.54, 1.807) is 43.6 Å². The first-order chi connectivity index (χ1) is 11.1. The minimum absolute atomic E-state index is 0. The van der Waals surface area contributed by atoms with Crippen LogP contribution in [0.5, 0.6) is 0 Å². The van der Waals surface area contributed by atoms with Gasteiger partial charge >= 0.3 is 0 Å². The molecule has 0 fully saturated rings. The third-order valence-electron chi connectivity index (χ3n) is 3.22. The van der Waals surface area contributed by atoms with Gasteiger partial charge in [-0.05, 0) is 30.7 Å². The molecule has 0 aliphatic heterocycles. The van der Waals surface area contributed by atoms with Crippen LogP contribution in [0.1, 0.15) is 12.2 Å². The van der Waals surface area contributed by atoms with Crippen LogP contribution < -0.4 is 10.6 Å². The van der Waals surface area contributed by atoms with Crippen molar-refractivity contribution in [3.63, 3.8) is 0 Å². The van der Waals surface area contributed by atoms with E-state index in [9.17, 15) is 8.42 Å². The molecule has 0 amide bonds. The quantitative estimate of drug-likeness (QED) is 0.285. The minimum Gasteiger partial charge on any atom is -0.467 e. The van der Waals surface area contributed by atoms with Crippen LogP contribution in [0.4, 0.5) is 0 Å². The number of rotatable bonds is 7. The van der Waals surface area contributed by atoms with E-state index in [0.717, 1.165) is 5.76 Å². The first-order valence-electron chi connectivity index (χ1n) is 7.36. The zero-order valence-electron chi connectivity index (χ0n) is 13.4. The molecule has 24 heavy (non-hydrogen) atoms. The van der Waals surface area contributed by atoms with Gasteiger partial charge in [-0.2, -0.15) is 0 Å². The van der Waals surface area contributed by atoms with Crippen molar-refractivity contribution in [3.8, 4) is 0 Å². The number of halogens is 1. The van der Waals surface area contributed by atoms with Crippen molar-refractivity contribution < 1.29 is 12.8 Å². The Labute approximate surface area is 159 Å². The van der Waals surface area contributed by atoms with Gasteiger partial charge in [0.25, 0.3) is 0 Å². The average molecular weight is 463 g/mol. The molecule has 1 heterocycles. The number of guanidine groups is 1. The van der Waals surface area contributed by atoms with Gasteiger partial charge in [0.1, 0.15) is 5.76 Å². The number of benzene rings is 1. The molecule has 0 aliphatic carbocycles. The fourth-order valence-corrected chi connectivity index (χ4v) is 3.35. The van der Waals surface area contributed by atoms with E-state index in [-0.39, 0.29) is 29.7 Å². The zero-order valence-corrected chi connectivity index (χ0v) is 16.6. The lowest BCUT2D eigenvalue weighted by molar-refractivity contribution is 0.501. The smallest absolute Gasteiger partial charge is 0.191 e. The molecule has 0 unspecified atom stereocenters. The molecule has 0 bridgehead atoms. The lowest BCUT2D eigenvalue weighted by Crippen LogP contribution is -2.37. The van der Waals surface area contributed by atoms with Gasteiger partial charge in [0.2, 0.25) is 0 Å². The summed E-state index contributed by atoms with van der Waals surface area (Å²) >= 11 is 0. The van der Waals surface area contributed by atoms with Crippen molar-refractivity contribution in [1.82, 2.24) is 10.6 Å². The predicted octanol–water partition coefficient (Wildman–Crippen LogP) is 2.43. The Morgan fingerprint density at radius 2 is 1.88 bits per heavy atom. The summed E-state index contributed by atoms with van der Waals surface area (Å²) in [5.41, 5.74) is 0. The molecule has 0 spiro atoms. The topological polar surface area (TPSA) is 83.7 Å². The summed E-state index contributed by atoms with van der Waals surface area (Å²) in [6.07, 6.45) is 2.11. The van der Waals surface area contributed by atoms with Crippen LogP contribution in [0.15, 0.2) is 63.0 Å². The predicted molar refractivity (Wildman–Crippen MR) is 105 cm³/mol. The van der Waals surface area contributed by atoms with Crippen molar-refractivity contribution in [2.45, 2.75) is 17.9 Å². The third kappa shape index (κ3) is 6.52. The number of sulfone groups is 1. The van der Waals surface area contributed by atoms with E-state index in [1.165, 1.54) is 0 Å². The highest BCUT2D eigenvalue weighted by Crippen LogP contribution is 2.10. The standard InChI is InChI=1S/C16H21N3O3S.HI/c1-17-16(19-13-14-7-5-11-22-14)18-10-6-12-23(20,21)15-8-3-2-4-9-15;/h2-5,7-9,11H,6,10,12-13H2,1H3,(H2,17,18,19);1H. The molecule has 2 aromatic rings. The largest absolute Gasteiger partial charge is 0.467 e. The molecule has 132 valence electrons. The molecule has 0 aliphatic rings. The highest BCUT2D eigenvalue weighted by molar-refractivity contribution is 14.0. The number of hydrogen-bond donors (Lipinski definition) is 2. The molecule has 8 heteroatoms. The second kappa shape index (κ2) is 10.3. The summed E-state index contributed by atoms with van der Waals surface area (Å²) in [6.45, 7) is 1.04. The van der Waals surface area contributed by atoms with Gasteiger partial charge in [-0.25, -0.2) is 8.42 Å². The lowest BCUT2D eigenvalue weighted by atomic mass is 10.4. The molecular weight excluding hydrogens is 441 g/mol. The van der Waals surface area contributed by atoms with Crippen LogP contribution in [0.25, 0.3) is 0 Å². The van der Waals surface area contributed by atoms with Crippen molar-refractivity contribution >= 4 is 39.8 Å². The third-order valence-corrected chi connectivity index (χ3v) is 5.03. The normalized spacial score (nSPS) is 11.6. The summed E-state index contributed by atoms with van der Waals surface area (Å²) < 4.78 is 29.5. The highest BCUT2D eigenvalue weighted by atomic mass is 127. The zero-order chi connectivity index (χ0) is 16.5. The first kappa shape index (κ1) is 20.5. The number of furan rings is 1. The Hall–Kier alpha value is -1.55. The molecular formula is C16H22IN3O3S. The molecule has 0 atom stereocenters. The molecule has 6 nitrogen and oxygen atoms in total. The van der Waals surface area contributed by atoms with Crippen LogP contribution in [0, 0.1) is 0 Å². The van der Waals surface area contributed by atoms with Crippen LogP contribution in [0.3, 0.4) is 0 Å². The molecule has 0 radical (unpaired) electrons. The van der Waals surface area contributed by atoms with Crippen molar-refractivity contribution in [3.05, 3.63) is 54.5 Å². The SMILES string of the molecule is CN=C(NCCCS(=O)(=O)c1ccccc1)NCc1ccco1.I. The van der Waals surface area contributed by atoms with E-state index in [1.807, 2.05) is 12.1 Å². The summed E-state index contributed by atoms with van der Waals surface area (Å²) in [5, 5.41) is 6.19. The van der Waals surface area contributed by atoms with Crippen LogP contribution in [-0.4, -0.2) is 33.7 Å². The maximum atomic E-state index is 12.1. The van der Waals surface area contributed by atoms with Gasteiger partial charge in [0.15, 0.2) is 15.8 Å². The van der Waals surface area contributed by atoms with Gasteiger partial charge in [0.05, 0.1) is 23.5 Å². The lowest BCUT2D eigenvalue weighted by Gasteiger charge is -2.11. The van der Waals surface area contributed by atoms with Gasteiger partial charge in [-0.1, -0.05) is 18.2 Å².